The van der Waals surface area contributed by atoms with Crippen molar-refractivity contribution in [3.8, 4) is 0 Å². The van der Waals surface area contributed by atoms with Crippen molar-refractivity contribution >= 4 is 0 Å². The van der Waals surface area contributed by atoms with E-state index in [9.17, 15) is 13.9 Å². The van der Waals surface area contributed by atoms with Crippen LogP contribution in [-0.2, 0) is 6.42 Å². The standard InChI is InChI=1S/C11H14F2O/c1-2-3-9(14)6-8-4-5-10(12)11(13)7-8/h4-5,7,9,14H,2-3,6H2,1H3/t9-/m1/s1. The molecule has 0 fully saturated rings. The smallest absolute Gasteiger partial charge is 0.159 e. The normalized spacial score (nSPS) is 12.9. The molecule has 1 N–H and O–H groups in total. The van der Waals surface area contributed by atoms with E-state index in [0.29, 0.717) is 18.4 Å². The highest BCUT2D eigenvalue weighted by atomic mass is 19.2. The average molecular weight is 200 g/mol. The Labute approximate surface area is 82.4 Å². The predicted octanol–water partition coefficient (Wildman–Crippen LogP) is 2.67. The fourth-order valence-corrected chi connectivity index (χ4v) is 1.37. The monoisotopic (exact) mass is 200 g/mol. The van der Waals surface area contributed by atoms with E-state index in [0.717, 1.165) is 18.6 Å². The summed E-state index contributed by atoms with van der Waals surface area (Å²) in [6, 6.07) is 3.72. The van der Waals surface area contributed by atoms with Crippen molar-refractivity contribution in [2.75, 3.05) is 0 Å². The third-order valence-electron chi connectivity index (χ3n) is 2.08. The van der Waals surface area contributed by atoms with Crippen molar-refractivity contribution in [3.05, 3.63) is 35.4 Å². The van der Waals surface area contributed by atoms with Crippen LogP contribution in [0.1, 0.15) is 25.3 Å². The van der Waals surface area contributed by atoms with E-state index in [-0.39, 0.29) is 0 Å². The number of rotatable bonds is 4. The highest BCUT2D eigenvalue weighted by molar-refractivity contribution is 5.18. The number of hydrogen-bond acceptors (Lipinski definition) is 1. The van der Waals surface area contributed by atoms with Gasteiger partial charge in [0.25, 0.3) is 0 Å². The van der Waals surface area contributed by atoms with E-state index in [1.807, 2.05) is 6.92 Å². The summed E-state index contributed by atoms with van der Waals surface area (Å²) < 4.78 is 25.3. The van der Waals surface area contributed by atoms with Gasteiger partial charge < -0.3 is 5.11 Å². The van der Waals surface area contributed by atoms with Crippen molar-refractivity contribution < 1.29 is 13.9 Å². The number of hydrogen-bond donors (Lipinski definition) is 1. The van der Waals surface area contributed by atoms with Gasteiger partial charge in [0.05, 0.1) is 6.10 Å². The lowest BCUT2D eigenvalue weighted by molar-refractivity contribution is 0.164. The maximum Gasteiger partial charge on any atom is 0.159 e. The second kappa shape index (κ2) is 5.05. The van der Waals surface area contributed by atoms with Crippen LogP contribution < -0.4 is 0 Å². The van der Waals surface area contributed by atoms with Crippen molar-refractivity contribution in [2.24, 2.45) is 0 Å². The third kappa shape index (κ3) is 3.07. The molecule has 0 unspecified atom stereocenters. The lowest BCUT2D eigenvalue weighted by atomic mass is 10.0. The Morgan fingerprint density at radius 1 is 1.29 bits per heavy atom. The minimum absolute atomic E-state index is 0.380. The molecule has 0 bridgehead atoms. The average Bonchev–Trinajstić information content (AvgIpc) is 2.12. The molecule has 0 radical (unpaired) electrons. The lowest BCUT2D eigenvalue weighted by Crippen LogP contribution is -2.09. The first-order chi connectivity index (χ1) is 6.63. The van der Waals surface area contributed by atoms with Crippen LogP contribution in [0.25, 0.3) is 0 Å². The molecule has 0 aromatic heterocycles. The molecule has 0 aliphatic heterocycles. The summed E-state index contributed by atoms with van der Waals surface area (Å²) in [7, 11) is 0. The molecule has 0 spiro atoms. The molecule has 0 saturated heterocycles. The molecule has 78 valence electrons. The van der Waals surface area contributed by atoms with Crippen molar-refractivity contribution in [2.45, 2.75) is 32.3 Å². The Balaban J connectivity index is 2.63. The van der Waals surface area contributed by atoms with Crippen LogP contribution >= 0.6 is 0 Å². The fourth-order valence-electron chi connectivity index (χ4n) is 1.37. The molecule has 1 atom stereocenters. The van der Waals surface area contributed by atoms with Crippen molar-refractivity contribution in [3.63, 3.8) is 0 Å². The minimum Gasteiger partial charge on any atom is -0.393 e. The van der Waals surface area contributed by atoms with Gasteiger partial charge in [0.2, 0.25) is 0 Å². The van der Waals surface area contributed by atoms with E-state index < -0.39 is 17.7 Å². The van der Waals surface area contributed by atoms with Gasteiger partial charge in [-0.15, -0.1) is 0 Å². The summed E-state index contributed by atoms with van der Waals surface area (Å²) in [5.74, 6) is -1.70. The largest absolute Gasteiger partial charge is 0.393 e. The van der Waals surface area contributed by atoms with Gasteiger partial charge in [0.1, 0.15) is 0 Å². The molecule has 1 rings (SSSR count). The second-order valence-corrected chi connectivity index (χ2v) is 3.40. The molecule has 0 aliphatic rings. The zero-order valence-corrected chi connectivity index (χ0v) is 8.13. The lowest BCUT2D eigenvalue weighted by Gasteiger charge is -2.08. The van der Waals surface area contributed by atoms with E-state index in [4.69, 9.17) is 0 Å². The summed E-state index contributed by atoms with van der Waals surface area (Å²) in [4.78, 5) is 0. The molecule has 3 heteroatoms. The number of aliphatic hydroxyl groups excluding tert-OH is 1. The van der Waals surface area contributed by atoms with Crippen LogP contribution in [0.15, 0.2) is 18.2 Å². The first-order valence-electron chi connectivity index (χ1n) is 4.75. The molecule has 14 heavy (non-hydrogen) atoms. The van der Waals surface area contributed by atoms with E-state index in [1.54, 1.807) is 0 Å². The van der Waals surface area contributed by atoms with E-state index in [1.165, 1.54) is 6.07 Å². The maximum atomic E-state index is 12.8. The topological polar surface area (TPSA) is 20.2 Å². The van der Waals surface area contributed by atoms with Gasteiger partial charge in [0.15, 0.2) is 11.6 Å². The Kier molecular flexibility index (Phi) is 4.01. The predicted molar refractivity (Wildman–Crippen MR) is 51.0 cm³/mol. The van der Waals surface area contributed by atoms with Gasteiger partial charge in [-0.05, 0) is 30.5 Å². The number of benzene rings is 1. The first kappa shape index (κ1) is 11.1. The summed E-state index contributed by atoms with van der Waals surface area (Å²) in [5.41, 5.74) is 0.629. The SMILES string of the molecule is CCC[C@@H](O)Cc1ccc(F)c(F)c1. The molecular formula is C11H14F2O. The maximum absolute atomic E-state index is 12.8. The molecule has 0 heterocycles. The molecule has 1 aromatic carbocycles. The van der Waals surface area contributed by atoms with Crippen molar-refractivity contribution in [1.82, 2.24) is 0 Å². The Morgan fingerprint density at radius 2 is 2.00 bits per heavy atom. The van der Waals surface area contributed by atoms with Crippen LogP contribution in [0, 0.1) is 11.6 Å². The molecule has 0 aliphatic carbocycles. The van der Waals surface area contributed by atoms with Gasteiger partial charge in [-0.25, -0.2) is 8.78 Å². The highest BCUT2D eigenvalue weighted by Crippen LogP contribution is 2.12. The second-order valence-electron chi connectivity index (χ2n) is 3.40. The van der Waals surface area contributed by atoms with Crippen LogP contribution in [0.2, 0.25) is 0 Å². The van der Waals surface area contributed by atoms with Gasteiger partial charge >= 0.3 is 0 Å². The van der Waals surface area contributed by atoms with Crippen LogP contribution in [0.5, 0.6) is 0 Å². The van der Waals surface area contributed by atoms with Gasteiger partial charge in [-0.1, -0.05) is 19.4 Å². The van der Waals surface area contributed by atoms with E-state index in [2.05, 4.69) is 0 Å². The fraction of sp³-hybridized carbons (Fsp3) is 0.455. The zero-order valence-electron chi connectivity index (χ0n) is 8.13. The highest BCUT2D eigenvalue weighted by Gasteiger charge is 2.07. The van der Waals surface area contributed by atoms with Crippen molar-refractivity contribution in [1.29, 1.82) is 0 Å². The Morgan fingerprint density at radius 3 is 2.57 bits per heavy atom. The first-order valence-corrected chi connectivity index (χ1v) is 4.75. The Hall–Kier alpha value is -0.960. The summed E-state index contributed by atoms with van der Waals surface area (Å²) in [6.07, 6.45) is 1.47. The van der Waals surface area contributed by atoms with Crippen LogP contribution in [0.4, 0.5) is 8.78 Å². The van der Waals surface area contributed by atoms with Gasteiger partial charge in [-0.2, -0.15) is 0 Å². The van der Waals surface area contributed by atoms with Gasteiger partial charge in [0, 0.05) is 0 Å². The quantitative estimate of drug-likeness (QED) is 0.792. The van der Waals surface area contributed by atoms with Crippen LogP contribution in [-0.4, -0.2) is 11.2 Å². The summed E-state index contributed by atoms with van der Waals surface area (Å²) in [6.45, 7) is 1.97. The zero-order chi connectivity index (χ0) is 10.6. The van der Waals surface area contributed by atoms with E-state index >= 15 is 0 Å². The molecular weight excluding hydrogens is 186 g/mol. The molecule has 0 saturated carbocycles. The Bertz CT molecular complexity index is 299. The summed E-state index contributed by atoms with van der Waals surface area (Å²) >= 11 is 0. The number of halogens is 2. The van der Waals surface area contributed by atoms with Gasteiger partial charge in [-0.3, -0.25) is 0 Å². The minimum atomic E-state index is -0.855. The summed E-state index contributed by atoms with van der Waals surface area (Å²) in [5, 5.41) is 9.45. The molecule has 0 amide bonds. The third-order valence-corrected chi connectivity index (χ3v) is 2.08. The number of aliphatic hydroxyl groups is 1. The molecule has 1 nitrogen and oxygen atoms in total. The van der Waals surface area contributed by atoms with Crippen LogP contribution in [0.3, 0.4) is 0 Å². The molecule has 1 aromatic rings.